The lowest BCUT2D eigenvalue weighted by molar-refractivity contribution is -0.140. The maximum absolute atomic E-state index is 13.4. The molecule has 1 amide bonds. The van der Waals surface area contributed by atoms with E-state index >= 15 is 0 Å². The van der Waals surface area contributed by atoms with Crippen LogP contribution in [-0.4, -0.2) is 39.4 Å². The lowest BCUT2D eigenvalue weighted by Gasteiger charge is -2.29. The first-order valence-corrected chi connectivity index (χ1v) is 10.6. The van der Waals surface area contributed by atoms with Crippen molar-refractivity contribution < 1.29 is 18.7 Å². The number of aromatic amines is 1. The number of benzene rings is 1. The van der Waals surface area contributed by atoms with Gasteiger partial charge in [-0.1, -0.05) is 13.8 Å². The zero-order valence-corrected chi connectivity index (χ0v) is 18.8. The average molecular weight is 435 g/mol. The van der Waals surface area contributed by atoms with Crippen LogP contribution in [0.3, 0.4) is 0 Å². The van der Waals surface area contributed by atoms with Gasteiger partial charge in [-0.05, 0) is 57.2 Å². The van der Waals surface area contributed by atoms with Crippen molar-refractivity contribution in [3.05, 3.63) is 70.9 Å². The van der Waals surface area contributed by atoms with Crippen molar-refractivity contribution in [2.24, 2.45) is 0 Å². The molecule has 6 nitrogen and oxygen atoms in total. The number of halogens is 1. The van der Waals surface area contributed by atoms with Crippen LogP contribution >= 0.6 is 0 Å². The highest BCUT2D eigenvalue weighted by Crippen LogP contribution is 2.40. The van der Waals surface area contributed by atoms with Crippen LogP contribution in [0.1, 0.15) is 55.0 Å². The van der Waals surface area contributed by atoms with Crippen LogP contribution < -0.4 is 0 Å². The number of aryl methyl sites for hydroxylation is 1. The maximum Gasteiger partial charge on any atom is 0.342 e. The van der Waals surface area contributed by atoms with Gasteiger partial charge in [0.25, 0.3) is 5.91 Å². The summed E-state index contributed by atoms with van der Waals surface area (Å²) in [6.45, 7) is 9.79. The lowest BCUT2D eigenvalue weighted by atomic mass is 9.83. The fourth-order valence-corrected chi connectivity index (χ4v) is 4.12. The van der Waals surface area contributed by atoms with E-state index in [1.807, 2.05) is 32.9 Å². The Balaban J connectivity index is 1.90. The molecule has 166 valence electrons. The highest BCUT2D eigenvalue weighted by Gasteiger charge is 2.38. The molecule has 2 aromatic heterocycles. The minimum absolute atomic E-state index is 0.255. The quantitative estimate of drug-likeness (QED) is 0.603. The average Bonchev–Trinajstić information content (AvgIpc) is 3.04. The molecule has 1 aromatic carbocycles. The Morgan fingerprint density at radius 2 is 1.84 bits per heavy atom. The molecule has 0 spiro atoms. The summed E-state index contributed by atoms with van der Waals surface area (Å²) >= 11 is 0. The summed E-state index contributed by atoms with van der Waals surface area (Å²) < 4.78 is 18.9. The van der Waals surface area contributed by atoms with Gasteiger partial charge in [-0.25, -0.2) is 9.18 Å². The fourth-order valence-electron chi connectivity index (χ4n) is 4.12. The molecule has 1 N–H and O–H groups in total. The van der Waals surface area contributed by atoms with Gasteiger partial charge in [-0.15, -0.1) is 0 Å². The molecule has 0 atom stereocenters. The number of esters is 1. The number of H-pyrrole nitrogens is 1. The smallest absolute Gasteiger partial charge is 0.342 e. The van der Waals surface area contributed by atoms with Crippen molar-refractivity contribution in [1.29, 1.82) is 0 Å². The number of carbonyl (C=O) groups excluding carboxylic acids is 2. The number of amides is 1. The third-order valence-electron chi connectivity index (χ3n) is 5.49. The number of hydrogen-bond donors (Lipinski definition) is 1. The minimum Gasteiger partial charge on any atom is -0.459 e. The summed E-state index contributed by atoms with van der Waals surface area (Å²) in [4.78, 5) is 36.0. The van der Waals surface area contributed by atoms with Gasteiger partial charge in [0.1, 0.15) is 5.82 Å². The first kappa shape index (κ1) is 21.7. The number of nitrogens with zero attached hydrogens (tertiary/aromatic N) is 2. The largest absolute Gasteiger partial charge is 0.459 e. The van der Waals surface area contributed by atoms with Crippen molar-refractivity contribution in [3.63, 3.8) is 0 Å². The van der Waals surface area contributed by atoms with Gasteiger partial charge in [0.2, 0.25) is 0 Å². The number of rotatable bonds is 3. The number of hydrogen-bond acceptors (Lipinski definition) is 4. The van der Waals surface area contributed by atoms with Crippen molar-refractivity contribution in [1.82, 2.24) is 14.9 Å². The van der Waals surface area contributed by atoms with Crippen LogP contribution in [0, 0.1) is 12.7 Å². The van der Waals surface area contributed by atoms with E-state index in [1.54, 1.807) is 13.8 Å². The number of carbonyl (C=O) groups is 2. The first-order valence-electron chi connectivity index (χ1n) is 10.6. The number of pyridine rings is 1. The topological polar surface area (TPSA) is 75.3 Å². The molecular formula is C25H26FN3O3. The lowest BCUT2D eigenvalue weighted by Crippen LogP contribution is -2.37. The molecule has 0 saturated carbocycles. The van der Waals surface area contributed by atoms with E-state index in [9.17, 15) is 14.0 Å². The third-order valence-corrected chi connectivity index (χ3v) is 5.49. The highest BCUT2D eigenvalue weighted by molar-refractivity contribution is 6.18. The summed E-state index contributed by atoms with van der Waals surface area (Å²) in [7, 11) is 0. The maximum atomic E-state index is 13.4. The Hall–Kier alpha value is -3.48. The number of aromatic nitrogens is 2. The Kier molecular flexibility index (Phi) is 5.36. The molecule has 0 saturated heterocycles. The van der Waals surface area contributed by atoms with Crippen LogP contribution in [0.5, 0.6) is 0 Å². The fraction of sp³-hybridized carbons (Fsp3) is 0.320. The van der Waals surface area contributed by atoms with Gasteiger partial charge in [0.15, 0.2) is 0 Å². The van der Waals surface area contributed by atoms with E-state index in [2.05, 4.69) is 4.98 Å². The van der Waals surface area contributed by atoms with Crippen LogP contribution in [0.2, 0.25) is 0 Å². The summed E-state index contributed by atoms with van der Waals surface area (Å²) in [5.41, 5.74) is 3.94. The Labute approximate surface area is 186 Å². The van der Waals surface area contributed by atoms with E-state index in [-0.39, 0.29) is 17.6 Å². The number of fused-ring (bicyclic) bond motifs is 3. The molecule has 3 aromatic rings. The predicted molar refractivity (Wildman–Crippen MR) is 120 cm³/mol. The van der Waals surface area contributed by atoms with Gasteiger partial charge >= 0.3 is 5.97 Å². The van der Waals surface area contributed by atoms with Gasteiger partial charge in [-0.2, -0.15) is 0 Å². The summed E-state index contributed by atoms with van der Waals surface area (Å²) in [5, 5.41) is 0. The van der Waals surface area contributed by atoms with Crippen molar-refractivity contribution in [3.8, 4) is 0 Å². The van der Waals surface area contributed by atoms with Crippen molar-refractivity contribution >= 4 is 28.5 Å². The number of ether oxygens (including phenoxy) is 1. The van der Waals surface area contributed by atoms with E-state index < -0.39 is 17.2 Å². The highest BCUT2D eigenvalue weighted by atomic mass is 19.1. The number of nitrogens with one attached hydrogen (secondary N) is 1. The van der Waals surface area contributed by atoms with Crippen LogP contribution in [0.25, 0.3) is 16.6 Å². The van der Waals surface area contributed by atoms with Gasteiger partial charge in [0.05, 0.1) is 28.4 Å². The molecule has 7 heteroatoms. The van der Waals surface area contributed by atoms with E-state index in [4.69, 9.17) is 9.72 Å². The zero-order valence-electron chi connectivity index (χ0n) is 18.8. The Morgan fingerprint density at radius 1 is 1.16 bits per heavy atom. The summed E-state index contributed by atoms with van der Waals surface area (Å²) in [6.07, 6.45) is 1.21. The van der Waals surface area contributed by atoms with Crippen LogP contribution in [-0.2, 0) is 14.9 Å². The first-order chi connectivity index (χ1) is 15.1. The second-order valence-electron chi connectivity index (χ2n) is 9.04. The monoisotopic (exact) mass is 435 g/mol. The molecule has 0 bridgehead atoms. The second kappa shape index (κ2) is 7.89. The second-order valence-corrected chi connectivity index (χ2v) is 9.04. The molecule has 4 rings (SSSR count). The SMILES string of the molecule is Cc1ccc2[nH]c3c(c2n1)C(C)(C)CN(C(=O)c1ccc(F)cc1)C=C3C(=O)OC(C)C. The molecular weight excluding hydrogens is 409 g/mol. The third kappa shape index (κ3) is 3.90. The Morgan fingerprint density at radius 3 is 2.50 bits per heavy atom. The summed E-state index contributed by atoms with van der Waals surface area (Å²) in [5.74, 6) is -1.27. The molecule has 1 aliphatic heterocycles. The standard InChI is InChI=1S/C25H26FN3O3/c1-14(2)32-24(31)18-12-29(23(30)16-7-9-17(26)10-8-16)13-25(4,5)20-21(18)28-19-11-6-15(3)27-22(19)20/h6-12,14,28H,13H2,1-5H3. The minimum atomic E-state index is -0.541. The molecule has 0 aliphatic carbocycles. The van der Waals surface area contributed by atoms with Gasteiger partial charge < -0.3 is 14.6 Å². The molecule has 32 heavy (non-hydrogen) atoms. The molecule has 3 heterocycles. The summed E-state index contributed by atoms with van der Waals surface area (Å²) in [6, 6.07) is 9.22. The zero-order chi connectivity index (χ0) is 23.2. The Bertz CT molecular complexity index is 1240. The molecule has 1 aliphatic rings. The molecule has 0 unspecified atom stereocenters. The van der Waals surface area contributed by atoms with E-state index in [0.29, 0.717) is 17.8 Å². The molecule has 0 fully saturated rings. The normalized spacial score (nSPS) is 15.3. The van der Waals surface area contributed by atoms with Crippen LogP contribution in [0.15, 0.2) is 42.6 Å². The molecule has 0 radical (unpaired) electrons. The van der Waals surface area contributed by atoms with Crippen LogP contribution in [0.4, 0.5) is 4.39 Å². The predicted octanol–water partition coefficient (Wildman–Crippen LogP) is 4.74. The van der Waals surface area contributed by atoms with E-state index in [1.165, 1.54) is 35.4 Å². The van der Waals surface area contributed by atoms with E-state index in [0.717, 1.165) is 22.3 Å². The van der Waals surface area contributed by atoms with Gasteiger partial charge in [-0.3, -0.25) is 9.78 Å². The van der Waals surface area contributed by atoms with Gasteiger partial charge in [0, 0.05) is 35.0 Å². The van der Waals surface area contributed by atoms with Crippen molar-refractivity contribution in [2.75, 3.05) is 6.54 Å². The van der Waals surface area contributed by atoms with Crippen molar-refractivity contribution in [2.45, 2.75) is 46.1 Å².